The summed E-state index contributed by atoms with van der Waals surface area (Å²) in [6, 6.07) is 13.3. The van der Waals surface area contributed by atoms with E-state index >= 15 is 0 Å². The van der Waals surface area contributed by atoms with Crippen molar-refractivity contribution in [2.24, 2.45) is 5.73 Å². The van der Waals surface area contributed by atoms with Crippen LogP contribution in [0.2, 0.25) is 0 Å². The van der Waals surface area contributed by atoms with Crippen LogP contribution in [0.3, 0.4) is 0 Å². The van der Waals surface area contributed by atoms with E-state index in [1.165, 1.54) is 24.1 Å². The van der Waals surface area contributed by atoms with Gasteiger partial charge >= 0.3 is 0 Å². The van der Waals surface area contributed by atoms with E-state index in [0.29, 0.717) is 11.6 Å². The minimum absolute atomic E-state index is 0.398. The summed E-state index contributed by atoms with van der Waals surface area (Å²) in [4.78, 5) is 22.3. The van der Waals surface area contributed by atoms with Crippen molar-refractivity contribution in [3.05, 3.63) is 71.0 Å². The van der Waals surface area contributed by atoms with Gasteiger partial charge in [0.15, 0.2) is 0 Å². The van der Waals surface area contributed by atoms with E-state index in [-0.39, 0.29) is 0 Å². The largest absolute Gasteiger partial charge is 0.370 e. The van der Waals surface area contributed by atoms with Gasteiger partial charge in [0, 0.05) is 59.3 Å². The van der Waals surface area contributed by atoms with Gasteiger partial charge in [-0.2, -0.15) is 0 Å². The van der Waals surface area contributed by atoms with Gasteiger partial charge < -0.3 is 20.9 Å². The Balaban J connectivity index is 1.51. The molecule has 0 radical (unpaired) electrons. The number of amides is 1. The number of carbonyl (C=O) groups is 1. The van der Waals surface area contributed by atoms with Gasteiger partial charge in [0.05, 0.1) is 0 Å². The van der Waals surface area contributed by atoms with Crippen LogP contribution >= 0.6 is 0 Å². The highest BCUT2D eigenvalue weighted by atomic mass is 16.1. The van der Waals surface area contributed by atoms with Crippen molar-refractivity contribution >= 4 is 22.6 Å². The van der Waals surface area contributed by atoms with E-state index in [2.05, 4.69) is 53.4 Å². The van der Waals surface area contributed by atoms with Crippen LogP contribution in [0.25, 0.3) is 33.3 Å². The van der Waals surface area contributed by atoms with E-state index in [1.807, 2.05) is 38.4 Å². The number of H-pyrrole nitrogens is 1. The minimum atomic E-state index is -0.398. The third-order valence-electron chi connectivity index (χ3n) is 7.57. The zero-order chi connectivity index (χ0) is 24.7. The second kappa shape index (κ2) is 9.19. The van der Waals surface area contributed by atoms with Gasteiger partial charge in [-0.3, -0.25) is 4.79 Å². The van der Waals surface area contributed by atoms with Crippen molar-refractivity contribution in [3.63, 3.8) is 0 Å². The molecule has 5 rings (SSSR count). The first-order valence-electron chi connectivity index (χ1n) is 12.3. The lowest BCUT2D eigenvalue weighted by molar-refractivity contribution is 0.0999. The van der Waals surface area contributed by atoms with Gasteiger partial charge in [0.25, 0.3) is 0 Å². The molecule has 0 spiro atoms. The van der Waals surface area contributed by atoms with Crippen LogP contribution in [-0.4, -0.2) is 42.1 Å². The Morgan fingerprint density at radius 2 is 1.91 bits per heavy atom. The zero-order valence-corrected chi connectivity index (χ0v) is 20.9. The molecule has 0 unspecified atom stereocenters. The standard InChI is InChI=1S/C29H33N5O/c1-17-12-20(7-10-27(17)34-11-5-6-22(16-34)31-4)21-13-25-26(15-33-29(25)32-14-21)23-8-9-24(28(30)35)19(3)18(23)2/h7-10,12-15,22,31H,5-6,11,16H2,1-4H3,(H2,30,35)(H,32,33)/t22-/m0/s1. The number of nitrogens with zero attached hydrogens (tertiary/aromatic N) is 2. The number of pyridine rings is 1. The molecule has 2 aromatic carbocycles. The molecule has 1 aliphatic heterocycles. The monoisotopic (exact) mass is 467 g/mol. The number of likely N-dealkylation sites (N-methyl/N-ethyl adjacent to an activating group) is 1. The van der Waals surface area contributed by atoms with Gasteiger partial charge in [0.2, 0.25) is 5.91 Å². The summed E-state index contributed by atoms with van der Waals surface area (Å²) in [5, 5.41) is 4.50. The predicted octanol–water partition coefficient (Wildman–Crippen LogP) is 5.11. The number of fused-ring (bicyclic) bond motifs is 1. The van der Waals surface area contributed by atoms with E-state index in [0.717, 1.165) is 57.5 Å². The summed E-state index contributed by atoms with van der Waals surface area (Å²) in [7, 11) is 2.05. The number of anilines is 1. The number of aryl methyl sites for hydroxylation is 1. The van der Waals surface area contributed by atoms with Crippen molar-refractivity contribution < 1.29 is 4.79 Å². The highest BCUT2D eigenvalue weighted by Crippen LogP contribution is 2.35. The van der Waals surface area contributed by atoms with Crippen molar-refractivity contribution in [2.75, 3.05) is 25.0 Å². The van der Waals surface area contributed by atoms with Crippen LogP contribution in [0.5, 0.6) is 0 Å². The minimum Gasteiger partial charge on any atom is -0.370 e. The molecule has 6 nitrogen and oxygen atoms in total. The first kappa shape index (κ1) is 23.1. The maximum Gasteiger partial charge on any atom is 0.248 e. The Morgan fingerprint density at radius 1 is 1.09 bits per heavy atom. The third kappa shape index (κ3) is 4.19. The maximum absolute atomic E-state index is 11.8. The topological polar surface area (TPSA) is 87.0 Å². The highest BCUT2D eigenvalue weighted by Gasteiger charge is 2.20. The van der Waals surface area contributed by atoms with Crippen LogP contribution in [0.15, 0.2) is 48.8 Å². The van der Waals surface area contributed by atoms with Crippen LogP contribution in [0.4, 0.5) is 5.69 Å². The van der Waals surface area contributed by atoms with E-state index in [4.69, 9.17) is 10.7 Å². The molecule has 0 aliphatic carbocycles. The molecule has 1 fully saturated rings. The van der Waals surface area contributed by atoms with Gasteiger partial charge in [-0.1, -0.05) is 12.1 Å². The number of benzene rings is 2. The summed E-state index contributed by atoms with van der Waals surface area (Å²) >= 11 is 0. The summed E-state index contributed by atoms with van der Waals surface area (Å²) in [5.41, 5.74) is 15.9. The number of primary amides is 1. The lowest BCUT2D eigenvalue weighted by Crippen LogP contribution is -2.44. The van der Waals surface area contributed by atoms with Gasteiger partial charge in [-0.25, -0.2) is 4.98 Å². The fraction of sp³-hybridized carbons (Fsp3) is 0.310. The van der Waals surface area contributed by atoms with E-state index in [1.54, 1.807) is 0 Å². The number of nitrogens with two attached hydrogens (primary N) is 1. The number of carbonyl (C=O) groups excluding carboxylic acids is 1. The second-order valence-corrected chi connectivity index (χ2v) is 9.67. The van der Waals surface area contributed by atoms with Crippen LogP contribution < -0.4 is 16.0 Å². The second-order valence-electron chi connectivity index (χ2n) is 9.67. The molecule has 2 aromatic heterocycles. The average molecular weight is 468 g/mol. The number of nitrogens with one attached hydrogen (secondary N) is 2. The SMILES string of the molecule is CN[C@H]1CCCN(c2ccc(-c3cnc4[nH]cc(-c5ccc(C(N)=O)c(C)c5C)c4c3)cc2C)C1. The first-order chi connectivity index (χ1) is 16.9. The fourth-order valence-electron chi connectivity index (χ4n) is 5.38. The van der Waals surface area contributed by atoms with Gasteiger partial charge in [0.1, 0.15) is 5.65 Å². The molecule has 1 amide bonds. The number of piperidine rings is 1. The Bertz CT molecular complexity index is 1420. The Morgan fingerprint density at radius 3 is 2.66 bits per heavy atom. The number of aromatic amines is 1. The zero-order valence-electron chi connectivity index (χ0n) is 20.9. The molecule has 0 bridgehead atoms. The molecule has 0 saturated carbocycles. The van der Waals surface area contributed by atoms with Gasteiger partial charge in [-0.05, 0) is 92.7 Å². The molecule has 4 N–H and O–H groups in total. The third-order valence-corrected chi connectivity index (χ3v) is 7.57. The summed E-state index contributed by atoms with van der Waals surface area (Å²) in [6.45, 7) is 8.33. The number of hydrogen-bond acceptors (Lipinski definition) is 4. The average Bonchev–Trinajstić information content (AvgIpc) is 3.28. The maximum atomic E-state index is 11.8. The lowest BCUT2D eigenvalue weighted by Gasteiger charge is -2.35. The quantitative estimate of drug-likeness (QED) is 0.381. The lowest BCUT2D eigenvalue weighted by atomic mass is 9.93. The van der Waals surface area contributed by atoms with Crippen molar-refractivity contribution in [1.82, 2.24) is 15.3 Å². The summed E-state index contributed by atoms with van der Waals surface area (Å²) < 4.78 is 0. The molecule has 180 valence electrons. The normalized spacial score (nSPS) is 16.1. The summed E-state index contributed by atoms with van der Waals surface area (Å²) in [6.07, 6.45) is 6.38. The molecular weight excluding hydrogens is 434 g/mol. The Kier molecular flexibility index (Phi) is 6.07. The number of rotatable bonds is 5. The molecule has 1 aliphatic rings. The molecule has 4 aromatic rings. The number of aromatic nitrogens is 2. The van der Waals surface area contributed by atoms with Crippen LogP contribution in [-0.2, 0) is 0 Å². The fourth-order valence-corrected chi connectivity index (χ4v) is 5.38. The molecule has 3 heterocycles. The van der Waals surface area contributed by atoms with Crippen LogP contribution in [0, 0.1) is 20.8 Å². The van der Waals surface area contributed by atoms with E-state index < -0.39 is 5.91 Å². The molecule has 1 atom stereocenters. The Labute approximate surface area is 206 Å². The molecule has 1 saturated heterocycles. The van der Waals surface area contributed by atoms with Crippen molar-refractivity contribution in [1.29, 1.82) is 0 Å². The molecular formula is C29H33N5O. The smallest absolute Gasteiger partial charge is 0.248 e. The van der Waals surface area contributed by atoms with Crippen molar-refractivity contribution in [2.45, 2.75) is 39.7 Å². The molecule has 35 heavy (non-hydrogen) atoms. The highest BCUT2D eigenvalue weighted by molar-refractivity contribution is 5.99. The first-order valence-corrected chi connectivity index (χ1v) is 12.3. The van der Waals surface area contributed by atoms with Gasteiger partial charge in [-0.15, -0.1) is 0 Å². The van der Waals surface area contributed by atoms with Crippen molar-refractivity contribution in [3.8, 4) is 22.3 Å². The Hall–Kier alpha value is -3.64. The molecule has 6 heteroatoms. The summed E-state index contributed by atoms with van der Waals surface area (Å²) in [5.74, 6) is -0.398. The number of hydrogen-bond donors (Lipinski definition) is 3. The van der Waals surface area contributed by atoms with E-state index in [9.17, 15) is 4.79 Å². The van der Waals surface area contributed by atoms with Crippen LogP contribution in [0.1, 0.15) is 39.9 Å². The predicted molar refractivity (Wildman–Crippen MR) is 144 cm³/mol.